The fourth-order valence-corrected chi connectivity index (χ4v) is 5.61. The van der Waals surface area contributed by atoms with Crippen molar-refractivity contribution in [1.82, 2.24) is 29.1 Å². The van der Waals surface area contributed by atoms with Gasteiger partial charge in [-0.3, -0.25) is 18.6 Å². The minimum atomic E-state index is -0.0689. The lowest BCUT2D eigenvalue weighted by Crippen LogP contribution is -2.33. The zero-order valence-corrected chi connectivity index (χ0v) is 22.9. The van der Waals surface area contributed by atoms with Gasteiger partial charge in [-0.1, -0.05) is 42.7 Å². The molecular formula is C30H38N6O2. The molecule has 2 aromatic carbocycles. The molecule has 5 rings (SSSR count). The van der Waals surface area contributed by atoms with E-state index in [2.05, 4.69) is 48.6 Å². The zero-order chi connectivity index (χ0) is 26.8. The molecule has 1 saturated carbocycles. The molecule has 1 amide bonds. The van der Waals surface area contributed by atoms with Gasteiger partial charge in [-0.15, -0.1) is 0 Å². The highest BCUT2D eigenvalue weighted by molar-refractivity contribution is 5.88. The number of benzene rings is 2. The van der Waals surface area contributed by atoms with E-state index in [1.165, 1.54) is 12.8 Å². The monoisotopic (exact) mass is 514 g/mol. The summed E-state index contributed by atoms with van der Waals surface area (Å²) in [6.45, 7) is 6.23. The summed E-state index contributed by atoms with van der Waals surface area (Å²) in [5.41, 5.74) is 6.94. The minimum Gasteiger partial charge on any atom is -0.353 e. The van der Waals surface area contributed by atoms with Crippen molar-refractivity contribution in [3.63, 3.8) is 0 Å². The maximum absolute atomic E-state index is 13.4. The van der Waals surface area contributed by atoms with Gasteiger partial charge in [0.15, 0.2) is 0 Å². The van der Waals surface area contributed by atoms with Crippen LogP contribution < -0.4 is 11.0 Å². The van der Waals surface area contributed by atoms with Crippen molar-refractivity contribution in [2.75, 3.05) is 27.2 Å². The van der Waals surface area contributed by atoms with Crippen molar-refractivity contribution in [2.24, 2.45) is 0 Å². The largest absolute Gasteiger partial charge is 0.353 e. The third-order valence-electron chi connectivity index (χ3n) is 7.52. The van der Waals surface area contributed by atoms with E-state index in [0.29, 0.717) is 13.1 Å². The molecular weight excluding hydrogens is 476 g/mol. The topological polar surface area (TPSA) is 77.1 Å². The van der Waals surface area contributed by atoms with Gasteiger partial charge >= 0.3 is 5.69 Å². The van der Waals surface area contributed by atoms with Crippen molar-refractivity contribution in [1.29, 1.82) is 0 Å². The van der Waals surface area contributed by atoms with Crippen LogP contribution in [-0.4, -0.2) is 56.9 Å². The van der Waals surface area contributed by atoms with Gasteiger partial charge in [-0.2, -0.15) is 5.10 Å². The van der Waals surface area contributed by atoms with Crippen LogP contribution in [0.5, 0.6) is 0 Å². The van der Waals surface area contributed by atoms with Crippen LogP contribution in [0.3, 0.4) is 0 Å². The van der Waals surface area contributed by atoms with Gasteiger partial charge in [-0.25, -0.2) is 4.79 Å². The molecule has 0 radical (unpaired) electrons. The molecule has 1 aliphatic carbocycles. The van der Waals surface area contributed by atoms with Gasteiger partial charge in [-0.05, 0) is 64.5 Å². The highest BCUT2D eigenvalue weighted by atomic mass is 16.2. The first-order valence-corrected chi connectivity index (χ1v) is 13.7. The normalized spacial score (nSPS) is 14.1. The van der Waals surface area contributed by atoms with Crippen LogP contribution in [0.15, 0.2) is 53.5 Å². The van der Waals surface area contributed by atoms with E-state index in [9.17, 15) is 9.59 Å². The second-order valence-electron chi connectivity index (χ2n) is 10.7. The molecule has 8 heteroatoms. The minimum absolute atomic E-state index is 0.0689. The number of aryl methyl sites for hydroxylation is 2. The highest BCUT2D eigenvalue weighted by Crippen LogP contribution is 2.35. The van der Waals surface area contributed by atoms with Crippen molar-refractivity contribution in [3.8, 4) is 22.4 Å². The lowest BCUT2D eigenvalue weighted by molar-refractivity contribution is -0.121. The van der Waals surface area contributed by atoms with Crippen LogP contribution in [0, 0.1) is 6.92 Å². The van der Waals surface area contributed by atoms with Crippen LogP contribution in [0.2, 0.25) is 0 Å². The Morgan fingerprint density at radius 1 is 1.08 bits per heavy atom. The quantitative estimate of drug-likeness (QED) is 0.358. The molecule has 4 aromatic rings. The molecule has 0 saturated heterocycles. The molecule has 8 nitrogen and oxygen atoms in total. The number of aromatic nitrogens is 4. The molecule has 0 aliphatic heterocycles. The number of amides is 1. The Bertz CT molecular complexity index is 1500. The lowest BCUT2D eigenvalue weighted by atomic mass is 10.00. The maximum Gasteiger partial charge on any atom is 0.329 e. The molecule has 200 valence electrons. The number of likely N-dealkylation sites (N-methyl/N-ethyl adjacent to an activating group) is 1. The molecule has 0 spiro atoms. The number of nitrogens with one attached hydrogen (secondary N) is 1. The van der Waals surface area contributed by atoms with Gasteiger partial charge in [0.2, 0.25) is 5.91 Å². The number of rotatable bonds is 9. The first-order chi connectivity index (χ1) is 18.4. The summed E-state index contributed by atoms with van der Waals surface area (Å²) in [6.07, 6.45) is 6.43. The van der Waals surface area contributed by atoms with E-state index < -0.39 is 0 Å². The lowest BCUT2D eigenvalue weighted by Gasteiger charge is -2.11. The second-order valence-corrected chi connectivity index (χ2v) is 10.7. The molecule has 1 N–H and O–H groups in total. The molecule has 0 unspecified atom stereocenters. The Morgan fingerprint density at radius 3 is 2.58 bits per heavy atom. The molecule has 0 bridgehead atoms. The van der Waals surface area contributed by atoms with Gasteiger partial charge in [0.05, 0.1) is 11.0 Å². The van der Waals surface area contributed by atoms with Gasteiger partial charge < -0.3 is 10.2 Å². The van der Waals surface area contributed by atoms with E-state index in [4.69, 9.17) is 5.10 Å². The second kappa shape index (κ2) is 11.0. The van der Waals surface area contributed by atoms with E-state index >= 15 is 0 Å². The van der Waals surface area contributed by atoms with E-state index in [0.717, 1.165) is 58.4 Å². The average molecular weight is 515 g/mol. The first-order valence-electron chi connectivity index (χ1n) is 13.7. The van der Waals surface area contributed by atoms with Crippen LogP contribution >= 0.6 is 0 Å². The standard InChI is InChI=1S/C30H38N6O2/c1-5-35-27-18-22(13-14-26(27)36(30(35)38)24-11-6-7-12-24)25-19-34(20-28(37)31-15-16-33(3)4)32-29(25)23-10-8-9-21(2)17-23/h8-10,13-14,17-19,24H,5-7,11-12,15-16,20H2,1-4H3,(H,31,37). The molecule has 1 fully saturated rings. The number of fused-ring (bicyclic) bond motifs is 1. The summed E-state index contributed by atoms with van der Waals surface area (Å²) in [5, 5.41) is 7.83. The van der Waals surface area contributed by atoms with Crippen LogP contribution in [0.1, 0.15) is 44.2 Å². The van der Waals surface area contributed by atoms with E-state index in [-0.39, 0.29) is 24.2 Å². The third-order valence-corrected chi connectivity index (χ3v) is 7.52. The number of hydrogen-bond donors (Lipinski definition) is 1. The summed E-state index contributed by atoms with van der Waals surface area (Å²) in [4.78, 5) is 28.1. The molecule has 1 aliphatic rings. The van der Waals surface area contributed by atoms with E-state index in [1.807, 2.05) is 47.3 Å². The smallest absolute Gasteiger partial charge is 0.329 e. The summed E-state index contributed by atoms with van der Waals surface area (Å²) in [6, 6.07) is 14.8. The number of hydrogen-bond acceptors (Lipinski definition) is 4. The summed E-state index contributed by atoms with van der Waals surface area (Å²) in [7, 11) is 3.97. The maximum atomic E-state index is 13.4. The van der Waals surface area contributed by atoms with Crippen molar-refractivity contribution in [3.05, 3.63) is 64.7 Å². The number of nitrogens with zero attached hydrogens (tertiary/aromatic N) is 5. The zero-order valence-electron chi connectivity index (χ0n) is 22.9. The van der Waals surface area contributed by atoms with Crippen molar-refractivity contribution >= 4 is 16.9 Å². The average Bonchev–Trinajstić information content (AvgIpc) is 3.61. The van der Waals surface area contributed by atoms with Gasteiger partial charge in [0.25, 0.3) is 0 Å². The Balaban J connectivity index is 1.56. The number of carbonyl (C=O) groups excluding carboxylic acids is 1. The number of carbonyl (C=O) groups is 1. The molecule has 0 atom stereocenters. The van der Waals surface area contributed by atoms with Crippen LogP contribution in [-0.2, 0) is 17.9 Å². The van der Waals surface area contributed by atoms with Crippen molar-refractivity contribution < 1.29 is 4.79 Å². The van der Waals surface area contributed by atoms with Crippen molar-refractivity contribution in [2.45, 2.75) is 58.7 Å². The SMILES string of the molecule is CCn1c(=O)n(C2CCCC2)c2ccc(-c3cn(CC(=O)NCCN(C)C)nc3-c3cccc(C)c3)cc21. The highest BCUT2D eigenvalue weighted by Gasteiger charge is 2.24. The summed E-state index contributed by atoms with van der Waals surface area (Å²) in [5.74, 6) is -0.0689. The van der Waals surface area contributed by atoms with Gasteiger partial charge in [0.1, 0.15) is 12.2 Å². The Morgan fingerprint density at radius 2 is 1.87 bits per heavy atom. The third kappa shape index (κ3) is 5.18. The fourth-order valence-electron chi connectivity index (χ4n) is 5.61. The molecule has 38 heavy (non-hydrogen) atoms. The molecule has 2 heterocycles. The Hall–Kier alpha value is -3.65. The fraction of sp³-hybridized carbons (Fsp3) is 0.433. The Labute approximate surface area is 223 Å². The van der Waals surface area contributed by atoms with E-state index in [1.54, 1.807) is 4.68 Å². The van der Waals surface area contributed by atoms with Crippen LogP contribution in [0.4, 0.5) is 0 Å². The molecule has 2 aromatic heterocycles. The van der Waals surface area contributed by atoms with Crippen LogP contribution in [0.25, 0.3) is 33.4 Å². The predicted octanol–water partition coefficient (Wildman–Crippen LogP) is 4.45. The summed E-state index contributed by atoms with van der Waals surface area (Å²) < 4.78 is 5.61. The van der Waals surface area contributed by atoms with Gasteiger partial charge in [0, 0.05) is 43.0 Å². The Kier molecular flexibility index (Phi) is 7.51. The predicted molar refractivity (Wildman–Crippen MR) is 152 cm³/mol. The first kappa shape index (κ1) is 26.0. The number of imidazole rings is 1. The summed E-state index contributed by atoms with van der Waals surface area (Å²) >= 11 is 0.